The number of hydrogen-bond donors (Lipinski definition) is 1. The average molecular weight is 416 g/mol. The number of benzene rings is 1. The third kappa shape index (κ3) is 5.58. The van der Waals surface area contributed by atoms with E-state index in [-0.39, 0.29) is 5.91 Å². The van der Waals surface area contributed by atoms with Crippen molar-refractivity contribution in [1.82, 2.24) is 25.0 Å². The van der Waals surface area contributed by atoms with Crippen LogP contribution in [0.2, 0.25) is 0 Å². The number of hydrogen-bond acceptors (Lipinski definition) is 6. The van der Waals surface area contributed by atoms with E-state index in [2.05, 4.69) is 37.1 Å². The summed E-state index contributed by atoms with van der Waals surface area (Å²) in [5, 5.41) is 12.8. The van der Waals surface area contributed by atoms with Crippen molar-refractivity contribution in [2.75, 3.05) is 32.1 Å². The first-order valence-electron chi connectivity index (χ1n) is 10.5. The van der Waals surface area contributed by atoms with E-state index in [0.717, 1.165) is 62.4 Å². The zero-order valence-electron chi connectivity index (χ0n) is 16.8. The third-order valence-electron chi connectivity index (χ3n) is 5.49. The van der Waals surface area contributed by atoms with Gasteiger partial charge >= 0.3 is 0 Å². The normalized spacial score (nSPS) is 18.6. The van der Waals surface area contributed by atoms with Crippen molar-refractivity contribution in [3.8, 4) is 5.69 Å². The molecule has 1 aromatic carbocycles. The zero-order chi connectivity index (χ0) is 19.9. The number of aromatic nitrogens is 3. The lowest BCUT2D eigenvalue weighted by atomic mass is 9.95. The number of para-hydroxylation sites is 1. The quantitative estimate of drug-likeness (QED) is 0.701. The fourth-order valence-electron chi connectivity index (χ4n) is 3.94. The minimum atomic E-state index is 0.0826. The van der Waals surface area contributed by atoms with Crippen LogP contribution in [0.25, 0.3) is 5.69 Å². The molecule has 2 fully saturated rings. The third-order valence-corrected chi connectivity index (χ3v) is 6.42. The minimum Gasteiger partial charge on any atom is -0.379 e. The summed E-state index contributed by atoms with van der Waals surface area (Å²) in [6.07, 6.45) is 5.91. The SMILES string of the molecule is O=C(CSc1nnc(CN2CCOCC2)n1-c1ccccc1)NC1CCCCC1. The van der Waals surface area contributed by atoms with E-state index < -0.39 is 0 Å². The van der Waals surface area contributed by atoms with Crippen molar-refractivity contribution < 1.29 is 9.53 Å². The summed E-state index contributed by atoms with van der Waals surface area (Å²) in [4.78, 5) is 14.8. The number of ether oxygens (including phenoxy) is 1. The van der Waals surface area contributed by atoms with Crippen LogP contribution in [-0.4, -0.2) is 63.7 Å². The van der Waals surface area contributed by atoms with Crippen LogP contribution in [-0.2, 0) is 16.1 Å². The first-order chi connectivity index (χ1) is 14.3. The van der Waals surface area contributed by atoms with Crippen LogP contribution >= 0.6 is 11.8 Å². The number of carbonyl (C=O) groups excluding carboxylic acids is 1. The molecule has 2 aliphatic rings. The van der Waals surface area contributed by atoms with E-state index >= 15 is 0 Å². The second kappa shape index (κ2) is 10.2. The van der Waals surface area contributed by atoms with Crippen LogP contribution in [0.5, 0.6) is 0 Å². The lowest BCUT2D eigenvalue weighted by Gasteiger charge is -2.26. The Balaban J connectivity index is 1.44. The van der Waals surface area contributed by atoms with Crippen LogP contribution in [0.15, 0.2) is 35.5 Å². The van der Waals surface area contributed by atoms with Crippen molar-refractivity contribution in [2.45, 2.75) is 49.8 Å². The fraction of sp³-hybridized carbons (Fsp3) is 0.571. The highest BCUT2D eigenvalue weighted by Crippen LogP contribution is 2.23. The molecule has 1 saturated heterocycles. The Morgan fingerprint density at radius 2 is 1.86 bits per heavy atom. The van der Waals surface area contributed by atoms with Gasteiger partial charge < -0.3 is 10.1 Å². The van der Waals surface area contributed by atoms with Crippen LogP contribution in [0.1, 0.15) is 37.9 Å². The van der Waals surface area contributed by atoms with Gasteiger partial charge in [0.2, 0.25) is 5.91 Å². The molecule has 2 aromatic rings. The van der Waals surface area contributed by atoms with Crippen LogP contribution in [0, 0.1) is 0 Å². The summed E-state index contributed by atoms with van der Waals surface area (Å²) >= 11 is 1.46. The van der Waals surface area contributed by atoms with Gasteiger partial charge in [0.05, 0.1) is 25.5 Å². The molecule has 1 aromatic heterocycles. The predicted octanol–water partition coefficient (Wildman–Crippen LogP) is 2.64. The van der Waals surface area contributed by atoms with E-state index in [9.17, 15) is 4.79 Å². The molecular formula is C21H29N5O2S. The molecule has 1 N–H and O–H groups in total. The molecule has 2 heterocycles. The van der Waals surface area contributed by atoms with Crippen LogP contribution in [0.4, 0.5) is 0 Å². The molecule has 156 valence electrons. The molecule has 1 amide bonds. The summed E-state index contributed by atoms with van der Waals surface area (Å²) in [5.41, 5.74) is 1.02. The summed E-state index contributed by atoms with van der Waals surface area (Å²) in [5.74, 6) is 1.34. The molecule has 0 spiro atoms. The topological polar surface area (TPSA) is 72.3 Å². The van der Waals surface area contributed by atoms with Gasteiger partial charge in [-0.05, 0) is 25.0 Å². The van der Waals surface area contributed by atoms with Gasteiger partial charge in [0.15, 0.2) is 11.0 Å². The van der Waals surface area contributed by atoms with Crippen molar-refractivity contribution in [1.29, 1.82) is 0 Å². The van der Waals surface area contributed by atoms with Gasteiger partial charge in [-0.2, -0.15) is 0 Å². The first kappa shape index (κ1) is 20.4. The molecule has 8 heteroatoms. The second-order valence-electron chi connectivity index (χ2n) is 7.65. The van der Waals surface area contributed by atoms with E-state index in [1.807, 2.05) is 18.2 Å². The van der Waals surface area contributed by atoms with Gasteiger partial charge in [-0.1, -0.05) is 49.2 Å². The smallest absolute Gasteiger partial charge is 0.230 e. The van der Waals surface area contributed by atoms with Gasteiger partial charge in [-0.3, -0.25) is 14.3 Å². The van der Waals surface area contributed by atoms with Crippen LogP contribution in [0.3, 0.4) is 0 Å². The van der Waals surface area contributed by atoms with Gasteiger partial charge in [0, 0.05) is 24.8 Å². The minimum absolute atomic E-state index is 0.0826. The molecule has 1 saturated carbocycles. The van der Waals surface area contributed by atoms with E-state index in [4.69, 9.17) is 4.74 Å². The maximum Gasteiger partial charge on any atom is 0.230 e. The van der Waals surface area contributed by atoms with Gasteiger partial charge in [-0.15, -0.1) is 10.2 Å². The molecule has 4 rings (SSSR count). The Morgan fingerprint density at radius 1 is 1.10 bits per heavy atom. The zero-order valence-corrected chi connectivity index (χ0v) is 17.6. The maximum atomic E-state index is 12.4. The van der Waals surface area contributed by atoms with E-state index in [1.165, 1.54) is 31.0 Å². The fourth-order valence-corrected chi connectivity index (χ4v) is 4.72. The number of nitrogens with one attached hydrogen (secondary N) is 1. The Labute approximate surface area is 176 Å². The monoisotopic (exact) mass is 415 g/mol. The van der Waals surface area contributed by atoms with Crippen molar-refractivity contribution >= 4 is 17.7 Å². The van der Waals surface area contributed by atoms with Crippen molar-refractivity contribution in [3.63, 3.8) is 0 Å². The number of rotatable bonds is 7. The second-order valence-corrected chi connectivity index (χ2v) is 8.59. The van der Waals surface area contributed by atoms with Crippen LogP contribution < -0.4 is 5.32 Å². The molecule has 1 aliphatic heterocycles. The standard InChI is InChI=1S/C21H29N5O2S/c27-20(22-17-7-3-1-4-8-17)16-29-21-24-23-19(15-25-11-13-28-14-12-25)26(21)18-9-5-2-6-10-18/h2,5-6,9-10,17H,1,3-4,7-8,11-16H2,(H,22,27). The van der Waals surface area contributed by atoms with E-state index in [0.29, 0.717) is 11.8 Å². The largest absolute Gasteiger partial charge is 0.379 e. The summed E-state index contributed by atoms with van der Waals surface area (Å²) in [6, 6.07) is 10.5. The predicted molar refractivity (Wildman–Crippen MR) is 113 cm³/mol. The molecule has 0 bridgehead atoms. The highest BCUT2D eigenvalue weighted by molar-refractivity contribution is 7.99. The van der Waals surface area contributed by atoms with Gasteiger partial charge in [0.25, 0.3) is 0 Å². The lowest BCUT2D eigenvalue weighted by molar-refractivity contribution is -0.119. The molecule has 1 aliphatic carbocycles. The molecule has 7 nitrogen and oxygen atoms in total. The Morgan fingerprint density at radius 3 is 2.62 bits per heavy atom. The Bertz CT molecular complexity index is 786. The summed E-state index contributed by atoms with van der Waals surface area (Å²) in [6.45, 7) is 4.02. The molecule has 29 heavy (non-hydrogen) atoms. The highest BCUT2D eigenvalue weighted by atomic mass is 32.2. The maximum absolute atomic E-state index is 12.4. The lowest BCUT2D eigenvalue weighted by Crippen LogP contribution is -2.37. The summed E-state index contributed by atoms with van der Waals surface area (Å²) in [7, 11) is 0. The van der Waals surface area contributed by atoms with E-state index in [1.54, 1.807) is 0 Å². The van der Waals surface area contributed by atoms with Crippen molar-refractivity contribution in [2.24, 2.45) is 0 Å². The van der Waals surface area contributed by atoms with Gasteiger partial charge in [0.1, 0.15) is 0 Å². The number of amides is 1. The number of carbonyl (C=O) groups is 1. The average Bonchev–Trinajstić information content (AvgIpc) is 3.17. The molecule has 0 unspecified atom stereocenters. The number of morpholine rings is 1. The summed E-state index contributed by atoms with van der Waals surface area (Å²) < 4.78 is 7.53. The Hall–Kier alpha value is -1.90. The molecule has 0 atom stereocenters. The highest BCUT2D eigenvalue weighted by Gasteiger charge is 2.20. The molecular weight excluding hydrogens is 386 g/mol. The Kier molecular flexibility index (Phi) is 7.18. The first-order valence-corrected chi connectivity index (χ1v) is 11.5. The molecule has 0 radical (unpaired) electrons. The van der Waals surface area contributed by atoms with Gasteiger partial charge in [-0.25, -0.2) is 0 Å². The number of nitrogens with zero attached hydrogens (tertiary/aromatic N) is 4. The number of thioether (sulfide) groups is 1. The van der Waals surface area contributed by atoms with Crippen molar-refractivity contribution in [3.05, 3.63) is 36.2 Å².